The van der Waals surface area contributed by atoms with Crippen LogP contribution in [0.2, 0.25) is 0 Å². The van der Waals surface area contributed by atoms with Crippen molar-refractivity contribution in [3.8, 4) is 28.1 Å². The van der Waals surface area contributed by atoms with Gasteiger partial charge in [-0.25, -0.2) is 14.8 Å². The first-order valence-electron chi connectivity index (χ1n) is 9.78. The maximum atomic E-state index is 11.1. The molecule has 5 heteroatoms. The normalized spacial score (nSPS) is 10.8. The lowest BCUT2D eigenvalue weighted by molar-refractivity contribution is -0.131. The molecule has 0 saturated carbocycles. The summed E-state index contributed by atoms with van der Waals surface area (Å²) in [7, 11) is 0. The van der Waals surface area contributed by atoms with Gasteiger partial charge in [0.1, 0.15) is 18.7 Å². The standard InChI is InChI=1S/C26H20N2O3/c29-26(30)12-10-21-15-22(25-13-14-27-18-28-25)9-11-24(21)20-7-4-8-23(16-20)31-17-19-5-2-1-3-6-19/h1-16,18H,17H2,(H,29,30)/b12-10+. The summed E-state index contributed by atoms with van der Waals surface area (Å²) in [5.41, 5.74) is 5.36. The van der Waals surface area contributed by atoms with Gasteiger partial charge in [0.25, 0.3) is 0 Å². The van der Waals surface area contributed by atoms with Gasteiger partial charge in [-0.2, -0.15) is 0 Å². The van der Waals surface area contributed by atoms with E-state index < -0.39 is 5.97 Å². The maximum Gasteiger partial charge on any atom is 0.328 e. The minimum Gasteiger partial charge on any atom is -0.489 e. The van der Waals surface area contributed by atoms with Crippen molar-refractivity contribution in [2.45, 2.75) is 6.61 Å². The smallest absolute Gasteiger partial charge is 0.328 e. The van der Waals surface area contributed by atoms with Crippen molar-refractivity contribution in [2.24, 2.45) is 0 Å². The lowest BCUT2D eigenvalue weighted by atomic mass is 9.96. The zero-order valence-corrected chi connectivity index (χ0v) is 16.7. The van der Waals surface area contributed by atoms with Crippen molar-refractivity contribution in [3.63, 3.8) is 0 Å². The summed E-state index contributed by atoms with van der Waals surface area (Å²) in [6, 6.07) is 25.4. The van der Waals surface area contributed by atoms with Crippen LogP contribution in [0.4, 0.5) is 0 Å². The second-order valence-electron chi connectivity index (χ2n) is 6.87. The molecule has 0 aliphatic heterocycles. The Kier molecular flexibility index (Phi) is 6.14. The number of carboxylic acids is 1. The highest BCUT2D eigenvalue weighted by molar-refractivity contribution is 5.89. The molecule has 0 aliphatic carbocycles. The molecule has 31 heavy (non-hydrogen) atoms. The highest BCUT2D eigenvalue weighted by atomic mass is 16.5. The Morgan fingerprint density at radius 3 is 2.58 bits per heavy atom. The number of carbonyl (C=O) groups is 1. The number of hydrogen-bond donors (Lipinski definition) is 1. The number of benzene rings is 3. The van der Waals surface area contributed by atoms with E-state index in [1.807, 2.05) is 78.9 Å². The molecule has 0 atom stereocenters. The van der Waals surface area contributed by atoms with Crippen molar-refractivity contribution in [3.05, 3.63) is 109 Å². The van der Waals surface area contributed by atoms with E-state index in [0.717, 1.165) is 45.3 Å². The van der Waals surface area contributed by atoms with Crippen LogP contribution in [-0.4, -0.2) is 21.0 Å². The number of carboxylic acid groups (broad SMARTS) is 1. The molecule has 1 heterocycles. The predicted molar refractivity (Wildman–Crippen MR) is 120 cm³/mol. The molecule has 4 aromatic rings. The summed E-state index contributed by atoms with van der Waals surface area (Å²) >= 11 is 0. The van der Waals surface area contributed by atoms with Crippen LogP contribution in [0.5, 0.6) is 5.75 Å². The Bertz CT molecular complexity index is 1210. The van der Waals surface area contributed by atoms with E-state index in [1.165, 1.54) is 6.33 Å². The van der Waals surface area contributed by atoms with Gasteiger partial charge in [0.15, 0.2) is 0 Å². The number of rotatable bonds is 7. The Morgan fingerprint density at radius 2 is 1.81 bits per heavy atom. The molecule has 0 saturated heterocycles. The fraction of sp³-hybridized carbons (Fsp3) is 0.0385. The molecule has 1 N–H and O–H groups in total. The lowest BCUT2D eigenvalue weighted by Gasteiger charge is -2.12. The zero-order chi connectivity index (χ0) is 21.5. The van der Waals surface area contributed by atoms with E-state index in [-0.39, 0.29) is 0 Å². The first kappa shape index (κ1) is 20.0. The van der Waals surface area contributed by atoms with E-state index in [0.29, 0.717) is 6.61 Å². The van der Waals surface area contributed by atoms with Gasteiger partial charge >= 0.3 is 5.97 Å². The molecule has 152 valence electrons. The summed E-state index contributed by atoms with van der Waals surface area (Å²) in [5.74, 6) is -0.257. The van der Waals surface area contributed by atoms with E-state index in [9.17, 15) is 4.79 Å². The van der Waals surface area contributed by atoms with Crippen molar-refractivity contribution < 1.29 is 14.6 Å². The van der Waals surface area contributed by atoms with Crippen molar-refractivity contribution >= 4 is 12.0 Å². The van der Waals surface area contributed by atoms with E-state index >= 15 is 0 Å². The molecular weight excluding hydrogens is 388 g/mol. The Labute approximate surface area is 180 Å². The number of ether oxygens (including phenoxy) is 1. The van der Waals surface area contributed by atoms with Gasteiger partial charge in [-0.3, -0.25) is 0 Å². The van der Waals surface area contributed by atoms with Crippen LogP contribution >= 0.6 is 0 Å². The summed E-state index contributed by atoms with van der Waals surface area (Å²) in [6.07, 6.45) is 5.90. The third-order valence-corrected chi connectivity index (χ3v) is 4.73. The van der Waals surface area contributed by atoms with Gasteiger partial charge in [0.05, 0.1) is 5.69 Å². The van der Waals surface area contributed by atoms with Crippen LogP contribution in [0.25, 0.3) is 28.5 Å². The van der Waals surface area contributed by atoms with Gasteiger partial charge < -0.3 is 9.84 Å². The number of aromatic nitrogens is 2. The molecule has 0 bridgehead atoms. The number of nitrogens with zero attached hydrogens (tertiary/aromatic N) is 2. The Balaban J connectivity index is 1.67. The van der Waals surface area contributed by atoms with Gasteiger partial charge in [-0.1, -0.05) is 54.6 Å². The quantitative estimate of drug-likeness (QED) is 0.410. The third-order valence-electron chi connectivity index (χ3n) is 4.73. The summed E-state index contributed by atoms with van der Waals surface area (Å²) in [6.45, 7) is 0.475. The molecule has 0 spiro atoms. The number of hydrogen-bond acceptors (Lipinski definition) is 4. The summed E-state index contributed by atoms with van der Waals surface area (Å²) in [5, 5.41) is 9.12. The van der Waals surface area contributed by atoms with Gasteiger partial charge in [0, 0.05) is 17.8 Å². The fourth-order valence-corrected chi connectivity index (χ4v) is 3.24. The highest BCUT2D eigenvalue weighted by Gasteiger charge is 2.09. The molecule has 0 amide bonds. The van der Waals surface area contributed by atoms with Gasteiger partial charge in [0.2, 0.25) is 0 Å². The molecule has 0 fully saturated rings. The highest BCUT2D eigenvalue weighted by Crippen LogP contribution is 2.31. The molecule has 5 nitrogen and oxygen atoms in total. The van der Waals surface area contributed by atoms with E-state index in [4.69, 9.17) is 9.84 Å². The topological polar surface area (TPSA) is 72.3 Å². The average Bonchev–Trinajstić information content (AvgIpc) is 2.82. The molecule has 0 unspecified atom stereocenters. The summed E-state index contributed by atoms with van der Waals surface area (Å²) < 4.78 is 5.96. The molecule has 0 radical (unpaired) electrons. The van der Waals surface area contributed by atoms with Gasteiger partial charge in [-0.05, 0) is 52.6 Å². The predicted octanol–water partition coefficient (Wildman–Crippen LogP) is 5.49. The third kappa shape index (κ3) is 5.22. The second-order valence-corrected chi connectivity index (χ2v) is 6.87. The molecule has 1 aromatic heterocycles. The first-order valence-corrected chi connectivity index (χ1v) is 9.78. The van der Waals surface area contributed by atoms with Crippen molar-refractivity contribution in [1.82, 2.24) is 9.97 Å². The van der Waals surface area contributed by atoms with Crippen LogP contribution in [-0.2, 0) is 11.4 Å². The SMILES string of the molecule is O=C(O)/C=C/c1cc(-c2ccncn2)ccc1-c1cccc(OCc2ccccc2)c1. The first-order chi connectivity index (χ1) is 15.2. The Morgan fingerprint density at radius 1 is 0.935 bits per heavy atom. The van der Waals surface area contributed by atoms with Crippen LogP contribution in [0.1, 0.15) is 11.1 Å². The lowest BCUT2D eigenvalue weighted by Crippen LogP contribution is -1.95. The zero-order valence-electron chi connectivity index (χ0n) is 16.7. The van der Waals surface area contributed by atoms with Crippen LogP contribution in [0.3, 0.4) is 0 Å². The maximum absolute atomic E-state index is 11.1. The average molecular weight is 408 g/mol. The van der Waals surface area contributed by atoms with E-state index in [2.05, 4.69) is 9.97 Å². The monoisotopic (exact) mass is 408 g/mol. The Hall–Kier alpha value is -4.25. The number of aliphatic carboxylic acids is 1. The van der Waals surface area contributed by atoms with Crippen LogP contribution in [0.15, 0.2) is 97.5 Å². The van der Waals surface area contributed by atoms with Gasteiger partial charge in [-0.15, -0.1) is 0 Å². The van der Waals surface area contributed by atoms with Crippen LogP contribution in [0, 0.1) is 0 Å². The molecular formula is C26H20N2O3. The molecule has 3 aromatic carbocycles. The largest absolute Gasteiger partial charge is 0.489 e. The van der Waals surface area contributed by atoms with E-state index in [1.54, 1.807) is 12.3 Å². The van der Waals surface area contributed by atoms with Crippen molar-refractivity contribution in [1.29, 1.82) is 0 Å². The fourth-order valence-electron chi connectivity index (χ4n) is 3.24. The minimum atomic E-state index is -1.00. The molecule has 0 aliphatic rings. The van der Waals surface area contributed by atoms with Crippen molar-refractivity contribution in [2.75, 3.05) is 0 Å². The minimum absolute atomic E-state index is 0.475. The summed E-state index contributed by atoms with van der Waals surface area (Å²) in [4.78, 5) is 19.4. The van der Waals surface area contributed by atoms with Crippen LogP contribution < -0.4 is 4.74 Å². The second kappa shape index (κ2) is 9.50. The molecule has 4 rings (SSSR count).